The molecule has 0 aliphatic rings. The minimum Gasteiger partial charge on any atom is -0.444 e. The van der Waals surface area contributed by atoms with Crippen LogP contribution in [0, 0.1) is 0 Å². The third kappa shape index (κ3) is 6.58. The summed E-state index contributed by atoms with van der Waals surface area (Å²) in [5.41, 5.74) is -2.05. The van der Waals surface area contributed by atoms with Crippen LogP contribution < -0.4 is 5.32 Å². The third-order valence-electron chi connectivity index (χ3n) is 1.66. The number of hydrogen-bond acceptors (Lipinski definition) is 4. The van der Waals surface area contributed by atoms with Gasteiger partial charge in [0.1, 0.15) is 5.60 Å². The summed E-state index contributed by atoms with van der Waals surface area (Å²) < 4.78 is 40.8. The maximum absolute atomic E-state index is 12.0. The number of alkyl halides is 3. The number of ketones is 2. The average Bonchev–Trinajstić information content (AvgIpc) is 2.20. The highest BCUT2D eigenvalue weighted by molar-refractivity contribution is 6.22. The van der Waals surface area contributed by atoms with Gasteiger partial charge in [0.25, 0.3) is 5.78 Å². The standard InChI is InChI=1S/C11H14F3NO4/c1-6(8(17)11(12,13)14)7(16)5-15-9(18)19-10(2,3)4/h1,5H2,2-4H3,(H,15,18). The highest BCUT2D eigenvalue weighted by Crippen LogP contribution is 2.20. The molecule has 0 atom stereocenters. The number of Topliss-reactive ketones (excluding diaryl/α,β-unsaturated/α-hetero) is 2. The van der Waals surface area contributed by atoms with Crippen LogP contribution in [0.3, 0.4) is 0 Å². The molecule has 1 N–H and O–H groups in total. The number of nitrogens with one attached hydrogen (secondary N) is 1. The van der Waals surface area contributed by atoms with Crippen LogP contribution >= 0.6 is 0 Å². The molecule has 0 radical (unpaired) electrons. The fourth-order valence-corrected chi connectivity index (χ4v) is 0.871. The summed E-state index contributed by atoms with van der Waals surface area (Å²) in [6.45, 7) is 6.68. The van der Waals surface area contributed by atoms with Gasteiger partial charge in [-0.25, -0.2) is 4.79 Å². The van der Waals surface area contributed by atoms with Crippen LogP contribution in [0.4, 0.5) is 18.0 Å². The van der Waals surface area contributed by atoms with E-state index in [1.165, 1.54) is 0 Å². The van der Waals surface area contributed by atoms with Crippen molar-refractivity contribution in [2.75, 3.05) is 6.54 Å². The molecule has 5 nitrogen and oxygen atoms in total. The SMILES string of the molecule is C=C(C(=O)CNC(=O)OC(C)(C)C)C(=O)C(F)(F)F. The van der Waals surface area contributed by atoms with Crippen LogP contribution in [-0.4, -0.2) is 36.0 Å². The van der Waals surface area contributed by atoms with Gasteiger partial charge in [0.15, 0.2) is 5.78 Å². The predicted molar refractivity (Wildman–Crippen MR) is 59.4 cm³/mol. The molecular formula is C11H14F3NO4. The van der Waals surface area contributed by atoms with Gasteiger partial charge in [0.2, 0.25) is 0 Å². The zero-order valence-corrected chi connectivity index (χ0v) is 10.7. The van der Waals surface area contributed by atoms with E-state index >= 15 is 0 Å². The van der Waals surface area contributed by atoms with Crippen molar-refractivity contribution in [3.8, 4) is 0 Å². The normalized spacial score (nSPS) is 11.7. The van der Waals surface area contributed by atoms with Gasteiger partial charge < -0.3 is 10.1 Å². The molecule has 0 fully saturated rings. The van der Waals surface area contributed by atoms with Gasteiger partial charge >= 0.3 is 12.3 Å². The lowest BCUT2D eigenvalue weighted by atomic mass is 10.1. The van der Waals surface area contributed by atoms with Crippen molar-refractivity contribution in [3.05, 3.63) is 12.2 Å². The Morgan fingerprint density at radius 1 is 1.16 bits per heavy atom. The largest absolute Gasteiger partial charge is 0.454 e. The summed E-state index contributed by atoms with van der Waals surface area (Å²) in [6, 6.07) is 0. The Morgan fingerprint density at radius 3 is 2.00 bits per heavy atom. The smallest absolute Gasteiger partial charge is 0.444 e. The Labute approximate surface area is 107 Å². The summed E-state index contributed by atoms with van der Waals surface area (Å²) in [5.74, 6) is -3.56. The highest BCUT2D eigenvalue weighted by atomic mass is 19.4. The first-order valence-corrected chi connectivity index (χ1v) is 5.15. The molecule has 8 heteroatoms. The van der Waals surface area contributed by atoms with Crippen molar-refractivity contribution >= 4 is 17.7 Å². The van der Waals surface area contributed by atoms with Gasteiger partial charge in [-0.3, -0.25) is 9.59 Å². The number of alkyl carbamates (subject to hydrolysis) is 1. The molecule has 0 aromatic rings. The van der Waals surface area contributed by atoms with Crippen molar-refractivity contribution in [2.24, 2.45) is 0 Å². The second kappa shape index (κ2) is 5.85. The minimum absolute atomic E-state index is 0.796. The molecule has 0 aromatic heterocycles. The van der Waals surface area contributed by atoms with E-state index in [-0.39, 0.29) is 0 Å². The first kappa shape index (κ1) is 17.1. The van der Waals surface area contributed by atoms with Crippen LogP contribution in [0.5, 0.6) is 0 Å². The van der Waals surface area contributed by atoms with Crippen LogP contribution in [0.15, 0.2) is 12.2 Å². The first-order chi connectivity index (χ1) is 8.34. The van der Waals surface area contributed by atoms with Crippen molar-refractivity contribution in [1.82, 2.24) is 5.32 Å². The van der Waals surface area contributed by atoms with E-state index in [1.807, 2.05) is 5.32 Å². The molecule has 0 unspecified atom stereocenters. The number of hydrogen-bond donors (Lipinski definition) is 1. The molecule has 0 aromatic carbocycles. The van der Waals surface area contributed by atoms with E-state index in [2.05, 4.69) is 6.58 Å². The number of carbonyl (C=O) groups is 3. The van der Waals surface area contributed by atoms with Gasteiger partial charge in [-0.15, -0.1) is 0 Å². The quantitative estimate of drug-likeness (QED) is 0.484. The van der Waals surface area contributed by atoms with Crippen molar-refractivity contribution in [2.45, 2.75) is 32.5 Å². The highest BCUT2D eigenvalue weighted by Gasteiger charge is 2.41. The lowest BCUT2D eigenvalue weighted by Gasteiger charge is -2.19. The maximum atomic E-state index is 12.0. The summed E-state index contributed by atoms with van der Waals surface area (Å²) in [4.78, 5) is 33.0. The number of carbonyl (C=O) groups excluding carboxylic acids is 3. The Kier molecular flexibility index (Phi) is 5.28. The van der Waals surface area contributed by atoms with Crippen LogP contribution in [0.1, 0.15) is 20.8 Å². The minimum atomic E-state index is -5.17. The number of ether oxygens (including phenoxy) is 1. The number of amides is 1. The first-order valence-electron chi connectivity index (χ1n) is 5.15. The molecule has 108 valence electrons. The Hall–Kier alpha value is -1.86. The Balaban J connectivity index is 4.38. The molecule has 0 saturated heterocycles. The summed E-state index contributed by atoms with van der Waals surface area (Å²) in [5, 5.41) is 1.94. The second-order valence-electron chi connectivity index (χ2n) is 4.58. The van der Waals surface area contributed by atoms with Gasteiger partial charge in [-0.1, -0.05) is 6.58 Å². The van der Waals surface area contributed by atoms with Crippen molar-refractivity contribution in [3.63, 3.8) is 0 Å². The summed E-state index contributed by atoms with van der Waals surface area (Å²) >= 11 is 0. The second-order valence-corrected chi connectivity index (χ2v) is 4.58. The molecule has 0 heterocycles. The van der Waals surface area contributed by atoms with Crippen molar-refractivity contribution < 1.29 is 32.3 Å². The lowest BCUT2D eigenvalue weighted by Crippen LogP contribution is -2.37. The van der Waals surface area contributed by atoms with E-state index in [0.717, 1.165) is 0 Å². The zero-order chi connectivity index (χ0) is 15.4. The molecule has 19 heavy (non-hydrogen) atoms. The number of rotatable bonds is 4. The van der Waals surface area contributed by atoms with E-state index in [9.17, 15) is 27.6 Å². The molecular weight excluding hydrogens is 267 g/mol. The third-order valence-corrected chi connectivity index (χ3v) is 1.66. The van der Waals surface area contributed by atoms with Crippen molar-refractivity contribution in [1.29, 1.82) is 0 Å². The fraction of sp³-hybridized carbons (Fsp3) is 0.545. The monoisotopic (exact) mass is 281 g/mol. The molecule has 0 aliphatic heterocycles. The predicted octanol–water partition coefficient (Wildman–Crippen LogP) is 1.77. The molecule has 0 bridgehead atoms. The maximum Gasteiger partial charge on any atom is 0.454 e. The van der Waals surface area contributed by atoms with Gasteiger partial charge in [0.05, 0.1) is 12.1 Å². The van der Waals surface area contributed by atoms with Gasteiger partial charge in [-0.2, -0.15) is 13.2 Å². The molecule has 0 aliphatic carbocycles. The van der Waals surface area contributed by atoms with E-state index in [4.69, 9.17) is 4.74 Å². The van der Waals surface area contributed by atoms with E-state index in [1.54, 1.807) is 20.8 Å². The lowest BCUT2D eigenvalue weighted by molar-refractivity contribution is -0.167. The average molecular weight is 281 g/mol. The summed E-state index contributed by atoms with van der Waals surface area (Å²) in [6.07, 6.45) is -6.15. The molecule has 0 spiro atoms. The molecule has 1 amide bonds. The Bertz CT molecular complexity index is 407. The van der Waals surface area contributed by atoms with Gasteiger partial charge in [0, 0.05) is 0 Å². The zero-order valence-electron chi connectivity index (χ0n) is 10.7. The summed E-state index contributed by atoms with van der Waals surface area (Å²) in [7, 11) is 0. The molecule has 0 rings (SSSR count). The topological polar surface area (TPSA) is 72.5 Å². The van der Waals surface area contributed by atoms with Crippen LogP contribution in [0.25, 0.3) is 0 Å². The van der Waals surface area contributed by atoms with Gasteiger partial charge in [-0.05, 0) is 20.8 Å². The van der Waals surface area contributed by atoms with Crippen LogP contribution in [0.2, 0.25) is 0 Å². The number of halogens is 3. The fourth-order valence-electron chi connectivity index (χ4n) is 0.871. The Morgan fingerprint density at radius 2 is 1.63 bits per heavy atom. The van der Waals surface area contributed by atoms with Crippen LogP contribution in [-0.2, 0) is 14.3 Å². The molecule has 0 saturated carbocycles. The van der Waals surface area contributed by atoms with E-state index < -0.39 is 41.6 Å². The van der Waals surface area contributed by atoms with E-state index in [0.29, 0.717) is 0 Å².